The van der Waals surface area contributed by atoms with Crippen molar-refractivity contribution in [2.24, 2.45) is 4.99 Å². The van der Waals surface area contributed by atoms with Gasteiger partial charge in [0, 0.05) is 18.0 Å². The minimum Gasteiger partial charge on any atom is -0.497 e. The molecule has 3 aromatic rings. The van der Waals surface area contributed by atoms with Gasteiger partial charge < -0.3 is 10.1 Å². The third-order valence-corrected chi connectivity index (χ3v) is 6.98. The summed E-state index contributed by atoms with van der Waals surface area (Å²) in [6.07, 6.45) is 0.838. The fourth-order valence-corrected chi connectivity index (χ4v) is 4.87. The first-order chi connectivity index (χ1) is 17.0. The standard InChI is InChI=1S/C27H26ClN3O3S/c1-34-23-13-7-20(8-14-23)18-31-25(32)17-24(26(33)29-16-15-19-5-3-2-4-6-19)35-27(31)30-22-11-9-21(28)10-12-22/h2-14,24H,15-18H2,1H3,(H,29,33)/t24-/m0/s1. The Balaban J connectivity index is 1.49. The first-order valence-electron chi connectivity index (χ1n) is 11.3. The summed E-state index contributed by atoms with van der Waals surface area (Å²) in [5.74, 6) is 0.443. The van der Waals surface area contributed by atoms with E-state index in [4.69, 9.17) is 21.3 Å². The monoisotopic (exact) mass is 507 g/mol. The summed E-state index contributed by atoms with van der Waals surface area (Å²) in [6, 6.07) is 24.6. The Morgan fingerprint density at radius 2 is 1.77 bits per heavy atom. The number of carbonyl (C=O) groups is 2. The highest BCUT2D eigenvalue weighted by Crippen LogP contribution is 2.31. The second kappa shape index (κ2) is 11.9. The molecule has 1 aliphatic rings. The zero-order valence-electron chi connectivity index (χ0n) is 19.3. The average Bonchev–Trinajstić information content (AvgIpc) is 2.88. The van der Waals surface area contributed by atoms with Gasteiger partial charge in [-0.05, 0) is 53.9 Å². The Morgan fingerprint density at radius 1 is 1.06 bits per heavy atom. The van der Waals surface area contributed by atoms with Crippen molar-refractivity contribution in [1.29, 1.82) is 0 Å². The van der Waals surface area contributed by atoms with Crippen molar-refractivity contribution in [3.05, 3.63) is 95.0 Å². The Kier molecular flexibility index (Phi) is 8.45. The van der Waals surface area contributed by atoms with E-state index in [0.29, 0.717) is 29.0 Å². The summed E-state index contributed by atoms with van der Waals surface area (Å²) in [6.45, 7) is 0.859. The van der Waals surface area contributed by atoms with E-state index < -0.39 is 5.25 Å². The van der Waals surface area contributed by atoms with E-state index in [-0.39, 0.29) is 18.2 Å². The first-order valence-corrected chi connectivity index (χ1v) is 12.5. The van der Waals surface area contributed by atoms with E-state index >= 15 is 0 Å². The minimum atomic E-state index is -0.545. The lowest BCUT2D eigenvalue weighted by molar-refractivity contribution is -0.130. The topological polar surface area (TPSA) is 71.0 Å². The van der Waals surface area contributed by atoms with Crippen LogP contribution in [0.4, 0.5) is 5.69 Å². The van der Waals surface area contributed by atoms with Crippen LogP contribution in [0, 0.1) is 0 Å². The molecule has 1 atom stereocenters. The minimum absolute atomic E-state index is 0.109. The van der Waals surface area contributed by atoms with Gasteiger partial charge in [-0.25, -0.2) is 4.99 Å². The number of amides is 2. The van der Waals surface area contributed by atoms with Crippen LogP contribution in [0.25, 0.3) is 0 Å². The van der Waals surface area contributed by atoms with E-state index in [0.717, 1.165) is 23.3 Å². The third-order valence-electron chi connectivity index (χ3n) is 5.54. The van der Waals surface area contributed by atoms with Gasteiger partial charge in [-0.1, -0.05) is 65.8 Å². The summed E-state index contributed by atoms with van der Waals surface area (Å²) in [4.78, 5) is 32.5. The maximum atomic E-state index is 13.2. The van der Waals surface area contributed by atoms with Crippen LogP contribution in [0.2, 0.25) is 5.02 Å². The molecule has 6 nitrogen and oxygen atoms in total. The van der Waals surface area contributed by atoms with Gasteiger partial charge in [0.05, 0.1) is 24.6 Å². The Labute approximate surface area is 214 Å². The molecule has 1 fully saturated rings. The van der Waals surface area contributed by atoms with Gasteiger partial charge in [-0.15, -0.1) is 0 Å². The van der Waals surface area contributed by atoms with Crippen LogP contribution in [0.15, 0.2) is 83.9 Å². The lowest BCUT2D eigenvalue weighted by atomic mass is 10.1. The summed E-state index contributed by atoms with van der Waals surface area (Å²) in [5.41, 5.74) is 2.75. The average molecular weight is 508 g/mol. The van der Waals surface area contributed by atoms with E-state index in [9.17, 15) is 9.59 Å². The predicted octanol–water partition coefficient (Wildman–Crippen LogP) is 5.23. The van der Waals surface area contributed by atoms with Crippen molar-refractivity contribution in [2.75, 3.05) is 13.7 Å². The van der Waals surface area contributed by atoms with Gasteiger partial charge >= 0.3 is 0 Å². The van der Waals surface area contributed by atoms with E-state index in [2.05, 4.69) is 5.32 Å². The molecule has 1 N–H and O–H groups in total. The van der Waals surface area contributed by atoms with Crippen molar-refractivity contribution >= 4 is 46.0 Å². The molecule has 3 aromatic carbocycles. The number of halogens is 1. The van der Waals surface area contributed by atoms with Crippen molar-refractivity contribution in [2.45, 2.75) is 24.6 Å². The highest BCUT2D eigenvalue weighted by atomic mass is 35.5. The third kappa shape index (κ3) is 6.87. The molecule has 0 unspecified atom stereocenters. The smallest absolute Gasteiger partial charge is 0.234 e. The number of hydrogen-bond acceptors (Lipinski definition) is 5. The van der Waals surface area contributed by atoms with Crippen LogP contribution in [-0.4, -0.2) is 40.8 Å². The number of rotatable bonds is 8. The summed E-state index contributed by atoms with van der Waals surface area (Å²) in [7, 11) is 1.61. The molecule has 0 saturated carbocycles. The molecule has 1 aliphatic heterocycles. The van der Waals surface area contributed by atoms with Gasteiger partial charge in [0.15, 0.2) is 5.17 Å². The van der Waals surface area contributed by atoms with Crippen molar-refractivity contribution in [3.8, 4) is 5.75 Å². The molecule has 1 heterocycles. The van der Waals surface area contributed by atoms with Crippen LogP contribution in [0.3, 0.4) is 0 Å². The van der Waals surface area contributed by atoms with Gasteiger partial charge in [0.2, 0.25) is 11.8 Å². The molecule has 0 spiro atoms. The van der Waals surface area contributed by atoms with E-state index in [1.54, 1.807) is 36.3 Å². The zero-order valence-corrected chi connectivity index (χ0v) is 20.9. The first kappa shape index (κ1) is 24.8. The van der Waals surface area contributed by atoms with Gasteiger partial charge in [-0.3, -0.25) is 14.5 Å². The SMILES string of the molecule is COc1ccc(CN2C(=O)C[C@@H](C(=O)NCCc3ccccc3)SC2=Nc2ccc(Cl)cc2)cc1. The number of nitrogens with zero attached hydrogens (tertiary/aromatic N) is 2. The molecule has 8 heteroatoms. The molecule has 1 saturated heterocycles. The van der Waals surface area contributed by atoms with Crippen LogP contribution in [0.1, 0.15) is 17.5 Å². The summed E-state index contributed by atoms with van der Waals surface area (Å²) >= 11 is 7.32. The lowest BCUT2D eigenvalue weighted by Gasteiger charge is -2.32. The number of nitrogens with one attached hydrogen (secondary N) is 1. The number of aliphatic imine (C=N–C) groups is 1. The molecule has 2 amide bonds. The fraction of sp³-hybridized carbons (Fsp3) is 0.222. The van der Waals surface area contributed by atoms with Gasteiger partial charge in [-0.2, -0.15) is 0 Å². The number of ether oxygens (including phenoxy) is 1. The zero-order chi connectivity index (χ0) is 24.6. The summed E-state index contributed by atoms with van der Waals surface area (Å²) in [5, 5.41) is 3.52. The highest BCUT2D eigenvalue weighted by molar-refractivity contribution is 8.15. The van der Waals surface area contributed by atoms with Crippen molar-refractivity contribution in [3.63, 3.8) is 0 Å². The highest BCUT2D eigenvalue weighted by Gasteiger charge is 2.35. The summed E-state index contributed by atoms with van der Waals surface area (Å²) < 4.78 is 5.23. The molecular weight excluding hydrogens is 482 g/mol. The lowest BCUT2D eigenvalue weighted by Crippen LogP contribution is -2.46. The predicted molar refractivity (Wildman–Crippen MR) is 141 cm³/mol. The second-order valence-electron chi connectivity index (χ2n) is 8.04. The van der Waals surface area contributed by atoms with Gasteiger partial charge in [0.1, 0.15) is 5.75 Å². The Morgan fingerprint density at radius 3 is 2.46 bits per heavy atom. The maximum Gasteiger partial charge on any atom is 0.234 e. The molecular formula is C27H26ClN3O3S. The largest absolute Gasteiger partial charge is 0.497 e. The quantitative estimate of drug-likeness (QED) is 0.453. The Bertz CT molecular complexity index is 1180. The Hall–Kier alpha value is -3.29. The van der Waals surface area contributed by atoms with Crippen LogP contribution < -0.4 is 10.1 Å². The number of benzene rings is 3. The van der Waals surface area contributed by atoms with Crippen molar-refractivity contribution in [1.82, 2.24) is 10.2 Å². The van der Waals surface area contributed by atoms with Crippen LogP contribution in [-0.2, 0) is 22.6 Å². The normalized spacial score (nSPS) is 16.9. The molecule has 35 heavy (non-hydrogen) atoms. The number of methoxy groups -OCH3 is 1. The van der Waals surface area contributed by atoms with Crippen molar-refractivity contribution < 1.29 is 14.3 Å². The van der Waals surface area contributed by atoms with Crippen LogP contribution in [0.5, 0.6) is 5.75 Å². The molecule has 0 bridgehead atoms. The number of hydrogen-bond donors (Lipinski definition) is 1. The molecule has 180 valence electrons. The van der Waals surface area contributed by atoms with E-state index in [1.165, 1.54) is 11.8 Å². The van der Waals surface area contributed by atoms with E-state index in [1.807, 2.05) is 54.6 Å². The van der Waals surface area contributed by atoms with Gasteiger partial charge in [0.25, 0.3) is 0 Å². The molecule has 0 radical (unpaired) electrons. The number of carbonyl (C=O) groups excluding carboxylic acids is 2. The van der Waals surface area contributed by atoms with Crippen LogP contribution >= 0.6 is 23.4 Å². The fourth-order valence-electron chi connectivity index (χ4n) is 3.62. The molecule has 0 aliphatic carbocycles. The second-order valence-corrected chi connectivity index (χ2v) is 9.64. The maximum absolute atomic E-state index is 13.2. The number of amidine groups is 1. The molecule has 4 rings (SSSR count). The molecule has 0 aromatic heterocycles. The number of thioether (sulfide) groups is 1.